The van der Waals surface area contributed by atoms with E-state index in [1.165, 1.54) is 0 Å². The summed E-state index contributed by atoms with van der Waals surface area (Å²) in [7, 11) is 0. The summed E-state index contributed by atoms with van der Waals surface area (Å²) in [6, 6.07) is 12.6. The summed E-state index contributed by atoms with van der Waals surface area (Å²) in [5.74, 6) is -0.349. The number of nitrogens with zero attached hydrogens (tertiary/aromatic N) is 4. The van der Waals surface area contributed by atoms with Gasteiger partial charge in [0.05, 0.1) is 18.4 Å². The highest BCUT2D eigenvalue weighted by molar-refractivity contribution is 6.30. The number of H-pyrrole nitrogens is 1. The van der Waals surface area contributed by atoms with Crippen LogP contribution in [0.4, 0.5) is 5.69 Å². The number of rotatable bonds is 8. The minimum absolute atomic E-state index is 0.135. The molecule has 0 aliphatic rings. The maximum Gasteiger partial charge on any atom is 0.251 e. The van der Waals surface area contributed by atoms with E-state index in [1.54, 1.807) is 35.3 Å². The lowest BCUT2D eigenvalue weighted by Crippen LogP contribution is -2.25. The minimum Gasteiger partial charge on any atom is -0.352 e. The van der Waals surface area contributed by atoms with E-state index in [0.29, 0.717) is 46.8 Å². The van der Waals surface area contributed by atoms with Crippen LogP contribution in [0.15, 0.2) is 54.9 Å². The lowest BCUT2D eigenvalue weighted by Gasteiger charge is -2.06. The Balaban J connectivity index is 1.19. The van der Waals surface area contributed by atoms with Gasteiger partial charge in [-0.05, 0) is 42.3 Å². The average molecular weight is 438 g/mol. The van der Waals surface area contributed by atoms with Gasteiger partial charge in [0.25, 0.3) is 5.91 Å². The number of amides is 2. The lowest BCUT2D eigenvalue weighted by molar-refractivity contribution is -0.116. The maximum absolute atomic E-state index is 12.2. The topological polar surface area (TPSA) is 118 Å². The van der Waals surface area contributed by atoms with E-state index < -0.39 is 0 Å². The fourth-order valence-electron chi connectivity index (χ4n) is 3.05. The Hall–Kier alpha value is -3.72. The molecule has 0 bridgehead atoms. The van der Waals surface area contributed by atoms with Gasteiger partial charge in [0.1, 0.15) is 11.0 Å². The second-order valence-corrected chi connectivity index (χ2v) is 7.42. The van der Waals surface area contributed by atoms with Gasteiger partial charge in [-0.25, -0.2) is 0 Å². The van der Waals surface area contributed by atoms with Crippen molar-refractivity contribution in [3.8, 4) is 0 Å². The number of halogens is 1. The first-order valence-electron chi connectivity index (χ1n) is 9.72. The standard InChI is InChI=1S/C21H20ClN7O2/c22-16-6-3-14(4-7-16)12-29-13-17(11-24-29)25-20(30)2-1-9-23-21(31)15-5-8-18-19(10-15)27-28-26-18/h3-8,10-11,13H,1-2,9,12H2,(H,23,31)(H,25,30)(H,26,27,28). The van der Waals surface area contributed by atoms with Gasteiger partial charge in [-0.1, -0.05) is 23.7 Å². The zero-order chi connectivity index (χ0) is 21.6. The third-order valence-corrected chi connectivity index (χ3v) is 4.87. The van der Waals surface area contributed by atoms with Crippen LogP contribution in [0.5, 0.6) is 0 Å². The molecule has 0 saturated carbocycles. The first-order chi connectivity index (χ1) is 15.1. The number of nitrogens with one attached hydrogen (secondary N) is 3. The SMILES string of the molecule is O=C(CCCNC(=O)c1ccc2n[nH]nc2c1)Nc1cnn(Cc2ccc(Cl)cc2)c1. The molecule has 0 fully saturated rings. The summed E-state index contributed by atoms with van der Waals surface area (Å²) in [5, 5.41) is 21.0. The van der Waals surface area contributed by atoms with E-state index in [2.05, 4.69) is 31.1 Å². The van der Waals surface area contributed by atoms with Crippen LogP contribution in [0.2, 0.25) is 5.02 Å². The van der Waals surface area contributed by atoms with Crippen LogP contribution in [0.25, 0.3) is 11.0 Å². The first-order valence-corrected chi connectivity index (χ1v) is 10.1. The first kappa shape index (κ1) is 20.5. The van der Waals surface area contributed by atoms with Crippen molar-refractivity contribution in [2.45, 2.75) is 19.4 Å². The Labute approximate surface area is 182 Å². The van der Waals surface area contributed by atoms with E-state index >= 15 is 0 Å². The molecule has 9 nitrogen and oxygen atoms in total. The van der Waals surface area contributed by atoms with Gasteiger partial charge < -0.3 is 10.6 Å². The number of aromatic amines is 1. The second-order valence-electron chi connectivity index (χ2n) is 6.99. The summed E-state index contributed by atoms with van der Waals surface area (Å²) in [6.07, 6.45) is 4.18. The summed E-state index contributed by atoms with van der Waals surface area (Å²) in [5.41, 5.74) is 3.51. The molecule has 0 spiro atoms. The quantitative estimate of drug-likeness (QED) is 0.366. The predicted molar refractivity (Wildman–Crippen MR) is 117 cm³/mol. The number of carbonyl (C=O) groups is 2. The molecule has 0 saturated heterocycles. The van der Waals surface area contributed by atoms with E-state index in [0.717, 1.165) is 5.56 Å². The van der Waals surface area contributed by atoms with Crippen LogP contribution < -0.4 is 10.6 Å². The lowest BCUT2D eigenvalue weighted by atomic mass is 10.2. The summed E-state index contributed by atoms with van der Waals surface area (Å²) >= 11 is 5.89. The molecular formula is C21H20ClN7O2. The summed E-state index contributed by atoms with van der Waals surface area (Å²) in [4.78, 5) is 24.4. The molecule has 10 heteroatoms. The molecule has 2 aromatic heterocycles. The van der Waals surface area contributed by atoms with Crippen molar-refractivity contribution in [3.63, 3.8) is 0 Å². The van der Waals surface area contributed by atoms with Gasteiger partial charge in [-0.3, -0.25) is 14.3 Å². The maximum atomic E-state index is 12.2. The fourth-order valence-corrected chi connectivity index (χ4v) is 3.18. The smallest absolute Gasteiger partial charge is 0.251 e. The molecule has 31 heavy (non-hydrogen) atoms. The highest BCUT2D eigenvalue weighted by Crippen LogP contribution is 2.13. The zero-order valence-corrected chi connectivity index (χ0v) is 17.3. The third kappa shape index (κ3) is 5.46. The van der Waals surface area contributed by atoms with Gasteiger partial charge in [-0.15, -0.1) is 0 Å². The van der Waals surface area contributed by atoms with Crippen LogP contribution >= 0.6 is 11.6 Å². The molecule has 2 aromatic carbocycles. The number of aromatic nitrogens is 5. The molecule has 0 unspecified atom stereocenters. The van der Waals surface area contributed by atoms with Gasteiger partial charge in [0, 0.05) is 29.7 Å². The van der Waals surface area contributed by atoms with Crippen molar-refractivity contribution in [3.05, 3.63) is 71.0 Å². The Morgan fingerprint density at radius 2 is 1.87 bits per heavy atom. The number of benzene rings is 2. The fraction of sp³-hybridized carbons (Fsp3) is 0.190. The Morgan fingerprint density at radius 3 is 2.71 bits per heavy atom. The molecule has 158 valence electrons. The highest BCUT2D eigenvalue weighted by atomic mass is 35.5. The Morgan fingerprint density at radius 1 is 1.06 bits per heavy atom. The van der Waals surface area contributed by atoms with Crippen molar-refractivity contribution in [2.24, 2.45) is 0 Å². The van der Waals surface area contributed by atoms with Gasteiger partial charge in [0.2, 0.25) is 5.91 Å². The van der Waals surface area contributed by atoms with E-state index in [9.17, 15) is 9.59 Å². The molecule has 0 aliphatic heterocycles. The van der Waals surface area contributed by atoms with E-state index in [4.69, 9.17) is 11.6 Å². The number of carbonyl (C=O) groups excluding carboxylic acids is 2. The molecule has 0 atom stereocenters. The number of hydrogen-bond acceptors (Lipinski definition) is 5. The van der Waals surface area contributed by atoms with E-state index in [-0.39, 0.29) is 18.2 Å². The largest absolute Gasteiger partial charge is 0.352 e. The zero-order valence-electron chi connectivity index (χ0n) is 16.5. The van der Waals surface area contributed by atoms with Crippen LogP contribution in [0.1, 0.15) is 28.8 Å². The predicted octanol–water partition coefficient (Wildman–Crippen LogP) is 3.00. The molecule has 0 radical (unpaired) electrons. The van der Waals surface area contributed by atoms with Gasteiger partial charge >= 0.3 is 0 Å². The van der Waals surface area contributed by atoms with Crippen molar-refractivity contribution in [1.29, 1.82) is 0 Å². The van der Waals surface area contributed by atoms with Crippen LogP contribution in [0.3, 0.4) is 0 Å². The normalized spacial score (nSPS) is 10.9. The van der Waals surface area contributed by atoms with Crippen molar-refractivity contribution in [2.75, 3.05) is 11.9 Å². The van der Waals surface area contributed by atoms with Crippen molar-refractivity contribution in [1.82, 2.24) is 30.5 Å². The minimum atomic E-state index is -0.214. The summed E-state index contributed by atoms with van der Waals surface area (Å²) < 4.78 is 1.74. The van der Waals surface area contributed by atoms with Gasteiger partial charge in [0.15, 0.2) is 0 Å². The Kier molecular flexibility index (Phi) is 6.23. The monoisotopic (exact) mass is 437 g/mol. The number of fused-ring (bicyclic) bond motifs is 1. The average Bonchev–Trinajstić information content (AvgIpc) is 3.41. The molecule has 2 heterocycles. The Bertz CT molecular complexity index is 1200. The van der Waals surface area contributed by atoms with Crippen LogP contribution in [-0.2, 0) is 11.3 Å². The van der Waals surface area contributed by atoms with Crippen molar-refractivity contribution < 1.29 is 9.59 Å². The highest BCUT2D eigenvalue weighted by Gasteiger charge is 2.09. The van der Waals surface area contributed by atoms with Crippen molar-refractivity contribution >= 4 is 40.1 Å². The molecule has 4 aromatic rings. The van der Waals surface area contributed by atoms with Crippen LogP contribution in [-0.4, -0.2) is 43.6 Å². The summed E-state index contributed by atoms with van der Waals surface area (Å²) in [6.45, 7) is 0.970. The number of anilines is 1. The van der Waals surface area contributed by atoms with Crippen LogP contribution in [0, 0.1) is 0 Å². The molecule has 0 aliphatic carbocycles. The third-order valence-electron chi connectivity index (χ3n) is 4.62. The molecule has 2 amide bonds. The second kappa shape index (κ2) is 9.40. The van der Waals surface area contributed by atoms with E-state index in [1.807, 2.05) is 24.3 Å². The molecule has 3 N–H and O–H groups in total. The molecular weight excluding hydrogens is 418 g/mol. The molecule has 4 rings (SSSR count). The van der Waals surface area contributed by atoms with Gasteiger partial charge in [-0.2, -0.15) is 20.5 Å². The number of hydrogen-bond donors (Lipinski definition) is 3.